The van der Waals surface area contributed by atoms with Crippen LogP contribution in [0.2, 0.25) is 0 Å². The monoisotopic (exact) mass is 542 g/mol. The quantitative estimate of drug-likeness (QED) is 0.208. The van der Waals surface area contributed by atoms with Crippen molar-refractivity contribution in [2.45, 2.75) is 9.79 Å². The summed E-state index contributed by atoms with van der Waals surface area (Å²) >= 11 is 1.79. The van der Waals surface area contributed by atoms with Crippen molar-refractivity contribution in [1.29, 1.82) is 0 Å². The summed E-state index contributed by atoms with van der Waals surface area (Å²) in [7, 11) is 0. The number of hydrogen-bond donors (Lipinski definition) is 0. The van der Waals surface area contributed by atoms with Crippen LogP contribution in [0.4, 0.5) is 0 Å². The summed E-state index contributed by atoms with van der Waals surface area (Å²) in [6, 6.07) is 43.2. The molecule has 9 rings (SSSR count). The third-order valence-electron chi connectivity index (χ3n) is 8.01. The summed E-state index contributed by atoms with van der Waals surface area (Å²) in [6.45, 7) is 0. The molecular weight excluding hydrogens is 520 g/mol. The van der Waals surface area contributed by atoms with Crippen LogP contribution in [0.1, 0.15) is 0 Å². The van der Waals surface area contributed by atoms with Gasteiger partial charge in [-0.05, 0) is 71.4 Å². The Labute approximate surface area is 239 Å². The van der Waals surface area contributed by atoms with Crippen LogP contribution in [0.3, 0.4) is 0 Å². The van der Waals surface area contributed by atoms with Crippen molar-refractivity contribution in [2.24, 2.45) is 0 Å². The van der Waals surface area contributed by atoms with E-state index in [4.69, 9.17) is 9.97 Å². The second-order valence-corrected chi connectivity index (χ2v) is 11.5. The molecule has 0 radical (unpaired) electrons. The maximum atomic E-state index is 4.74. The van der Waals surface area contributed by atoms with Gasteiger partial charge in [-0.15, -0.1) is 0 Å². The largest absolute Gasteiger partial charge is 0.294 e. The van der Waals surface area contributed by atoms with E-state index in [0.717, 1.165) is 22.7 Å². The van der Waals surface area contributed by atoms with Crippen LogP contribution in [0.15, 0.2) is 144 Å². The van der Waals surface area contributed by atoms with Gasteiger partial charge in [0.05, 0.1) is 22.1 Å². The molecule has 0 aliphatic carbocycles. The first-order chi connectivity index (χ1) is 20.3. The highest BCUT2D eigenvalue weighted by Crippen LogP contribution is 2.42. The molecule has 0 saturated carbocycles. The minimum atomic E-state index is 0.924. The third kappa shape index (κ3) is 3.36. The van der Waals surface area contributed by atoms with E-state index < -0.39 is 0 Å². The van der Waals surface area contributed by atoms with Gasteiger partial charge in [0.2, 0.25) is 0 Å². The lowest BCUT2D eigenvalue weighted by atomic mass is 10.0. The molecule has 41 heavy (non-hydrogen) atoms. The Bertz CT molecular complexity index is 2390. The average molecular weight is 543 g/mol. The summed E-state index contributed by atoms with van der Waals surface area (Å²) in [5, 5.41) is 7.54. The number of rotatable bonds is 4. The number of para-hydroxylation sites is 1. The Morgan fingerprint density at radius 1 is 0.439 bits per heavy atom. The second kappa shape index (κ2) is 8.68. The number of nitrogens with zero attached hydrogens (tertiary/aromatic N) is 4. The summed E-state index contributed by atoms with van der Waals surface area (Å²) in [5.74, 6) is 1.86. The maximum Gasteiger partial charge on any atom is 0.137 e. The van der Waals surface area contributed by atoms with Gasteiger partial charge in [0, 0.05) is 43.7 Å². The van der Waals surface area contributed by atoms with Gasteiger partial charge in [-0.1, -0.05) is 72.4 Å². The smallest absolute Gasteiger partial charge is 0.137 e. The molecule has 4 aromatic heterocycles. The number of benzene rings is 5. The molecule has 0 saturated heterocycles. The minimum Gasteiger partial charge on any atom is -0.294 e. The van der Waals surface area contributed by atoms with Crippen LogP contribution in [0, 0.1) is 0 Å². The Balaban J connectivity index is 1.26. The van der Waals surface area contributed by atoms with E-state index in [9.17, 15) is 0 Å². The molecule has 5 aromatic carbocycles. The van der Waals surface area contributed by atoms with Crippen molar-refractivity contribution in [3.05, 3.63) is 134 Å². The molecule has 0 aliphatic rings. The molecule has 192 valence electrons. The maximum absolute atomic E-state index is 4.74. The molecular formula is C36H22N4S. The van der Waals surface area contributed by atoms with Crippen LogP contribution in [0.5, 0.6) is 0 Å². The molecule has 0 spiro atoms. The molecule has 0 fully saturated rings. The zero-order valence-corrected chi connectivity index (χ0v) is 22.7. The molecule has 4 heterocycles. The number of hydrogen-bond acceptors (Lipinski definition) is 3. The van der Waals surface area contributed by atoms with Gasteiger partial charge in [-0.25, -0.2) is 9.97 Å². The fourth-order valence-electron chi connectivity index (χ4n) is 6.34. The van der Waals surface area contributed by atoms with Crippen LogP contribution in [-0.2, 0) is 0 Å². The van der Waals surface area contributed by atoms with E-state index >= 15 is 0 Å². The first-order valence-corrected chi connectivity index (χ1v) is 14.5. The van der Waals surface area contributed by atoms with E-state index in [0.29, 0.717) is 0 Å². The highest BCUT2D eigenvalue weighted by molar-refractivity contribution is 7.99. The molecule has 0 unspecified atom stereocenters. The van der Waals surface area contributed by atoms with Crippen molar-refractivity contribution < 1.29 is 0 Å². The SMILES string of the molecule is c1ccc(-n2c3ccccc3c3ccc(Sc4cc5ccc6cccc7c6c5c(c4)n7-c4ccccn4)cc32)nc1. The van der Waals surface area contributed by atoms with E-state index in [1.54, 1.807) is 11.8 Å². The Morgan fingerprint density at radius 2 is 1.10 bits per heavy atom. The molecule has 0 N–H and O–H groups in total. The third-order valence-corrected chi connectivity index (χ3v) is 8.97. The lowest BCUT2D eigenvalue weighted by molar-refractivity contribution is 1.08. The molecule has 0 bridgehead atoms. The van der Waals surface area contributed by atoms with E-state index in [-0.39, 0.29) is 0 Å². The van der Waals surface area contributed by atoms with Crippen molar-refractivity contribution in [3.63, 3.8) is 0 Å². The van der Waals surface area contributed by atoms with Crippen molar-refractivity contribution in [3.8, 4) is 11.6 Å². The molecule has 4 nitrogen and oxygen atoms in total. The highest BCUT2D eigenvalue weighted by Gasteiger charge is 2.19. The summed E-state index contributed by atoms with van der Waals surface area (Å²) < 4.78 is 4.57. The van der Waals surface area contributed by atoms with Gasteiger partial charge in [0.15, 0.2) is 0 Å². The van der Waals surface area contributed by atoms with E-state index in [2.05, 4.69) is 112 Å². The van der Waals surface area contributed by atoms with E-state index in [1.165, 1.54) is 53.1 Å². The fraction of sp³-hybridized carbons (Fsp3) is 0. The second-order valence-electron chi connectivity index (χ2n) is 10.3. The van der Waals surface area contributed by atoms with Crippen LogP contribution in [0.25, 0.3) is 66.0 Å². The average Bonchev–Trinajstić information content (AvgIpc) is 3.54. The zero-order valence-electron chi connectivity index (χ0n) is 21.9. The van der Waals surface area contributed by atoms with Gasteiger partial charge < -0.3 is 0 Å². The first kappa shape index (κ1) is 22.7. The van der Waals surface area contributed by atoms with E-state index in [1.807, 2.05) is 30.6 Å². The zero-order chi connectivity index (χ0) is 26.9. The molecule has 0 amide bonds. The van der Waals surface area contributed by atoms with Crippen LogP contribution < -0.4 is 0 Å². The molecule has 5 heteroatoms. The van der Waals surface area contributed by atoms with Crippen molar-refractivity contribution in [1.82, 2.24) is 19.1 Å². The van der Waals surface area contributed by atoms with Gasteiger partial charge in [0.25, 0.3) is 0 Å². The molecule has 0 atom stereocenters. The highest BCUT2D eigenvalue weighted by atomic mass is 32.2. The number of aromatic nitrogens is 4. The molecule has 9 aromatic rings. The Hall–Kier alpha value is -5.13. The van der Waals surface area contributed by atoms with Gasteiger partial charge in [-0.3, -0.25) is 9.13 Å². The number of pyridine rings is 2. The lowest BCUT2D eigenvalue weighted by Crippen LogP contribution is -1.96. The fourth-order valence-corrected chi connectivity index (χ4v) is 7.28. The van der Waals surface area contributed by atoms with Crippen molar-refractivity contribution in [2.75, 3.05) is 0 Å². The minimum absolute atomic E-state index is 0.924. The van der Waals surface area contributed by atoms with Crippen LogP contribution in [-0.4, -0.2) is 19.1 Å². The van der Waals surface area contributed by atoms with Gasteiger partial charge >= 0.3 is 0 Å². The lowest BCUT2D eigenvalue weighted by Gasteiger charge is -2.10. The standard InChI is InChI=1S/C36H22N4S/c1-2-10-29-27(9-1)28-17-16-25(21-31(28)39(29)33-12-3-5-18-37-33)41-26-20-24-15-14-23-8-7-11-30-35(23)36(24)32(22-26)40(30)34-13-4-6-19-38-34/h1-22H. The summed E-state index contributed by atoms with van der Waals surface area (Å²) in [6.07, 6.45) is 3.72. The Kier molecular flexibility index (Phi) is 4.80. The van der Waals surface area contributed by atoms with Crippen LogP contribution >= 0.6 is 11.8 Å². The summed E-state index contributed by atoms with van der Waals surface area (Å²) in [4.78, 5) is 11.8. The first-order valence-electron chi connectivity index (χ1n) is 13.7. The summed E-state index contributed by atoms with van der Waals surface area (Å²) in [5.41, 5.74) is 4.68. The predicted octanol–water partition coefficient (Wildman–Crippen LogP) is 9.41. The van der Waals surface area contributed by atoms with Gasteiger partial charge in [-0.2, -0.15) is 0 Å². The van der Waals surface area contributed by atoms with Gasteiger partial charge in [0.1, 0.15) is 11.6 Å². The normalized spacial score (nSPS) is 12.0. The Morgan fingerprint density at radius 3 is 1.90 bits per heavy atom. The topological polar surface area (TPSA) is 35.6 Å². The number of fused-ring (bicyclic) bond motifs is 3. The molecule has 0 aliphatic heterocycles. The van der Waals surface area contributed by atoms with Crippen molar-refractivity contribution >= 4 is 66.1 Å². The predicted molar refractivity (Wildman–Crippen MR) is 170 cm³/mol.